The van der Waals surface area contributed by atoms with Crippen molar-refractivity contribution in [2.45, 2.75) is 159 Å². The van der Waals surface area contributed by atoms with Gasteiger partial charge in [-0.2, -0.15) is 0 Å². The summed E-state index contributed by atoms with van der Waals surface area (Å²) in [5.74, 6) is -1.50. The van der Waals surface area contributed by atoms with E-state index >= 15 is 0 Å². The number of benzene rings is 2. The molecule has 2 aliphatic heterocycles. The number of imidazole rings is 1. The molecule has 0 spiro atoms. The van der Waals surface area contributed by atoms with Crippen molar-refractivity contribution in [2.75, 3.05) is 26.7 Å². The van der Waals surface area contributed by atoms with Crippen molar-refractivity contribution in [1.29, 1.82) is 0 Å². The molecule has 3 heterocycles. The van der Waals surface area contributed by atoms with E-state index in [4.69, 9.17) is 4.52 Å². The molecule has 3 unspecified atom stereocenters. The van der Waals surface area contributed by atoms with E-state index in [9.17, 15) is 33.5 Å². The third-order valence-electron chi connectivity index (χ3n) is 12.5. The number of carbonyl (C=O) groups excluding carboxylic acids is 4. The van der Waals surface area contributed by atoms with Crippen molar-refractivity contribution < 1.29 is 38.1 Å². The number of aromatic nitrogens is 2. The van der Waals surface area contributed by atoms with Crippen LogP contribution < -0.4 is 25.8 Å². The standard InChI is InChI=1S/C48H73N8O8P/c1-3-4-5-6-7-8-9-10-11-12-13-14-18-28-50-41(30-36-21-24-40(25-22-36)64-65(61,62)63)46(58)54-43-34-55(2)29-27-39-23-26-44(56(39)48(43)60)47(59)53-42(31-38-33-49-35-52-38)45(57)51-32-37-19-16-15-17-20-37/h15-17,19-22,24-25,33,35,39,41-44,50H,3-14,18,23,26-32,34H2,1-2H3,(H,49,52)(H,51,57)(H,53,59)(H,54,58)(H2,61,62,63)/t39?,41-,42+,43?,44?/m1/s1. The van der Waals surface area contributed by atoms with Gasteiger partial charge in [-0.05, 0) is 75.5 Å². The van der Waals surface area contributed by atoms with Gasteiger partial charge in [0.15, 0.2) is 0 Å². The summed E-state index contributed by atoms with van der Waals surface area (Å²) in [6, 6.07) is 12.1. The van der Waals surface area contributed by atoms with Crippen LogP contribution >= 0.6 is 7.82 Å². The largest absolute Gasteiger partial charge is 0.524 e. The van der Waals surface area contributed by atoms with Crippen LogP contribution in [0, 0.1) is 0 Å². The van der Waals surface area contributed by atoms with Gasteiger partial charge in [-0.15, -0.1) is 0 Å². The quantitative estimate of drug-likeness (QED) is 0.0346. The molecule has 3 aromatic rings. The van der Waals surface area contributed by atoms with Crippen LogP contribution in [-0.4, -0.2) is 110 Å². The molecular formula is C48H73N8O8P. The lowest BCUT2D eigenvalue weighted by Gasteiger charge is -2.38. The Morgan fingerprint density at radius 2 is 1.49 bits per heavy atom. The highest BCUT2D eigenvalue weighted by Crippen LogP contribution is 2.37. The van der Waals surface area contributed by atoms with E-state index in [0.29, 0.717) is 38.0 Å². The molecule has 2 aliphatic rings. The Labute approximate surface area is 385 Å². The molecule has 2 saturated heterocycles. The molecule has 5 rings (SSSR count). The molecule has 16 nitrogen and oxygen atoms in total. The molecule has 1 aromatic heterocycles. The lowest BCUT2D eigenvalue weighted by atomic mass is 10.0. The van der Waals surface area contributed by atoms with Crippen LogP contribution in [-0.2, 0) is 43.1 Å². The van der Waals surface area contributed by atoms with Gasteiger partial charge in [0.05, 0.1) is 12.4 Å². The van der Waals surface area contributed by atoms with E-state index in [2.05, 4.69) is 38.2 Å². The zero-order chi connectivity index (χ0) is 46.4. The van der Waals surface area contributed by atoms with Crippen LogP contribution in [0.4, 0.5) is 0 Å². The normalized spacial score (nSPS) is 18.9. The van der Waals surface area contributed by atoms with Gasteiger partial charge in [-0.1, -0.05) is 126 Å². The van der Waals surface area contributed by atoms with Crippen LogP contribution in [0.5, 0.6) is 5.75 Å². The number of H-pyrrole nitrogens is 1. The fourth-order valence-electron chi connectivity index (χ4n) is 8.91. The van der Waals surface area contributed by atoms with Gasteiger partial charge >= 0.3 is 7.82 Å². The summed E-state index contributed by atoms with van der Waals surface area (Å²) < 4.78 is 16.1. The lowest BCUT2D eigenvalue weighted by molar-refractivity contribution is -0.145. The van der Waals surface area contributed by atoms with Crippen LogP contribution in [0.15, 0.2) is 67.1 Å². The summed E-state index contributed by atoms with van der Waals surface area (Å²) in [6.45, 7) is 4.01. The Hall–Kier alpha value is -4.60. The topological polar surface area (TPSA) is 218 Å². The summed E-state index contributed by atoms with van der Waals surface area (Å²) in [7, 11) is -2.82. The maximum Gasteiger partial charge on any atom is 0.524 e. The Morgan fingerprint density at radius 1 is 0.831 bits per heavy atom. The van der Waals surface area contributed by atoms with Crippen molar-refractivity contribution in [3.63, 3.8) is 0 Å². The first-order valence-electron chi connectivity index (χ1n) is 23.9. The predicted molar refractivity (Wildman–Crippen MR) is 251 cm³/mol. The molecule has 4 amide bonds. The van der Waals surface area contributed by atoms with Crippen molar-refractivity contribution in [3.05, 3.63) is 83.9 Å². The number of phosphoric ester groups is 1. The number of unbranched alkanes of at least 4 members (excludes halogenated alkanes) is 12. The minimum Gasteiger partial charge on any atom is -0.404 e. The van der Waals surface area contributed by atoms with E-state index in [1.54, 1.807) is 23.2 Å². The molecule has 17 heteroatoms. The highest BCUT2D eigenvalue weighted by atomic mass is 31.2. The van der Waals surface area contributed by atoms with Crippen molar-refractivity contribution in [3.8, 4) is 5.75 Å². The van der Waals surface area contributed by atoms with Crippen LogP contribution in [0.1, 0.15) is 126 Å². The molecule has 65 heavy (non-hydrogen) atoms. The van der Waals surface area contributed by atoms with E-state index < -0.39 is 37.9 Å². The third kappa shape index (κ3) is 18.0. The summed E-state index contributed by atoms with van der Waals surface area (Å²) in [6.07, 6.45) is 21.2. The molecule has 5 atom stereocenters. The molecule has 0 bridgehead atoms. The minimum atomic E-state index is -4.74. The maximum atomic E-state index is 14.7. The Balaban J connectivity index is 1.22. The fourth-order valence-corrected chi connectivity index (χ4v) is 9.30. The van der Waals surface area contributed by atoms with E-state index in [1.807, 2.05) is 42.3 Å². The molecule has 0 aliphatic carbocycles. The number of rotatable bonds is 28. The molecule has 2 fully saturated rings. The van der Waals surface area contributed by atoms with Crippen LogP contribution in [0.25, 0.3) is 0 Å². The summed E-state index contributed by atoms with van der Waals surface area (Å²) in [5.41, 5.74) is 2.32. The van der Waals surface area contributed by atoms with E-state index in [1.165, 1.54) is 82.7 Å². The lowest BCUT2D eigenvalue weighted by Crippen LogP contribution is -2.62. The van der Waals surface area contributed by atoms with Crippen LogP contribution in [0.3, 0.4) is 0 Å². The Morgan fingerprint density at radius 3 is 2.12 bits per heavy atom. The number of phosphoric acid groups is 1. The zero-order valence-corrected chi connectivity index (χ0v) is 39.3. The average Bonchev–Trinajstić information content (AvgIpc) is 3.97. The SMILES string of the molecule is CCCCCCCCCCCCCCCN[C@H](Cc1ccc(OP(=O)(O)O)cc1)C(=O)NC1CN(C)CCC2CCC(C(=O)N[C@@H](Cc3cnc[nH]3)C(=O)NCc3ccccc3)N2C1=O. The minimum absolute atomic E-state index is 0.00497. The summed E-state index contributed by atoms with van der Waals surface area (Å²) in [4.78, 5) is 86.1. The number of hydrogen-bond acceptors (Lipinski definition) is 9. The highest BCUT2D eigenvalue weighted by Gasteiger charge is 2.45. The second-order valence-corrected chi connectivity index (χ2v) is 19.0. The van der Waals surface area contributed by atoms with Gasteiger partial charge in [0.25, 0.3) is 0 Å². The maximum absolute atomic E-state index is 14.7. The van der Waals surface area contributed by atoms with Crippen LogP contribution in [0.2, 0.25) is 0 Å². The number of likely N-dealkylation sites (N-methyl/N-ethyl adjacent to an activating group) is 1. The number of nitrogens with one attached hydrogen (secondary N) is 5. The van der Waals surface area contributed by atoms with E-state index in [-0.39, 0.29) is 55.4 Å². The number of carbonyl (C=O) groups is 4. The molecule has 0 radical (unpaired) electrons. The van der Waals surface area contributed by atoms with Crippen molar-refractivity contribution in [1.82, 2.24) is 41.0 Å². The number of nitrogens with zero attached hydrogens (tertiary/aromatic N) is 3. The van der Waals surface area contributed by atoms with Gasteiger partial charge in [-0.3, -0.25) is 29.0 Å². The Kier molecular flexibility index (Phi) is 21.5. The molecule has 2 aromatic carbocycles. The van der Waals surface area contributed by atoms with Crippen molar-refractivity contribution in [2.24, 2.45) is 0 Å². The van der Waals surface area contributed by atoms with Gasteiger partial charge in [0.1, 0.15) is 23.9 Å². The molecular weight excluding hydrogens is 848 g/mol. The number of hydrogen-bond donors (Lipinski definition) is 7. The smallest absolute Gasteiger partial charge is 0.404 e. The summed E-state index contributed by atoms with van der Waals surface area (Å²) in [5, 5.41) is 12.4. The van der Waals surface area contributed by atoms with Gasteiger partial charge in [-0.25, -0.2) is 9.55 Å². The second-order valence-electron chi connectivity index (χ2n) is 17.8. The monoisotopic (exact) mass is 921 g/mol. The Bertz CT molecular complexity index is 1930. The van der Waals surface area contributed by atoms with Gasteiger partial charge in [0, 0.05) is 37.4 Å². The number of fused-ring (bicyclic) bond motifs is 1. The third-order valence-corrected chi connectivity index (χ3v) is 13.0. The second kappa shape index (κ2) is 27.1. The predicted octanol–water partition coefficient (Wildman–Crippen LogP) is 5.70. The fraction of sp³-hybridized carbons (Fsp3) is 0.604. The van der Waals surface area contributed by atoms with Crippen molar-refractivity contribution >= 4 is 31.5 Å². The average molecular weight is 921 g/mol. The first-order valence-corrected chi connectivity index (χ1v) is 25.4. The zero-order valence-electron chi connectivity index (χ0n) is 38.4. The molecule has 0 saturated carbocycles. The molecule has 7 N–H and O–H groups in total. The summed E-state index contributed by atoms with van der Waals surface area (Å²) >= 11 is 0. The first kappa shape index (κ1) is 51.4. The highest BCUT2D eigenvalue weighted by molar-refractivity contribution is 7.46. The van der Waals surface area contributed by atoms with Gasteiger partial charge < -0.3 is 40.6 Å². The molecule has 358 valence electrons. The van der Waals surface area contributed by atoms with Gasteiger partial charge in [0.2, 0.25) is 23.6 Å². The number of aromatic amines is 1. The van der Waals surface area contributed by atoms with E-state index in [0.717, 1.165) is 30.4 Å². The number of amides is 4. The first-order chi connectivity index (χ1) is 31.4.